The predicted molar refractivity (Wildman–Crippen MR) is 84.8 cm³/mol. The Labute approximate surface area is 130 Å². The Morgan fingerprint density at radius 3 is 2.43 bits per heavy atom. The second-order valence-corrected chi connectivity index (χ2v) is 6.43. The molecule has 21 heavy (non-hydrogen) atoms. The van der Waals surface area contributed by atoms with E-state index in [9.17, 15) is 5.11 Å². The summed E-state index contributed by atoms with van der Waals surface area (Å²) in [5, 5.41) is 9.91. The van der Waals surface area contributed by atoms with E-state index in [-0.39, 0.29) is 11.8 Å². The smallest absolute Gasteiger partial charge is 0.400 e. The number of aliphatic hydroxyl groups is 1. The SMILES string of the molecule is CC1(C)OB(C(=Cc2c(N)ccnc2Cl)CO)OC1(C)C. The van der Waals surface area contributed by atoms with Crippen molar-refractivity contribution in [2.24, 2.45) is 0 Å². The van der Waals surface area contributed by atoms with Crippen LogP contribution in [0.2, 0.25) is 5.15 Å². The molecule has 7 heteroatoms. The Morgan fingerprint density at radius 2 is 1.95 bits per heavy atom. The minimum absolute atomic E-state index is 0.221. The van der Waals surface area contributed by atoms with Crippen molar-refractivity contribution in [2.75, 3.05) is 12.3 Å². The van der Waals surface area contributed by atoms with Gasteiger partial charge in [0.15, 0.2) is 0 Å². The van der Waals surface area contributed by atoms with E-state index in [1.54, 1.807) is 12.1 Å². The van der Waals surface area contributed by atoms with Gasteiger partial charge in [0.25, 0.3) is 0 Å². The van der Waals surface area contributed by atoms with Crippen LogP contribution in [0, 0.1) is 0 Å². The Balaban J connectivity index is 2.36. The van der Waals surface area contributed by atoms with Crippen molar-refractivity contribution in [3.63, 3.8) is 0 Å². The van der Waals surface area contributed by atoms with Crippen LogP contribution in [-0.2, 0) is 9.31 Å². The molecule has 0 bridgehead atoms. The van der Waals surface area contributed by atoms with Gasteiger partial charge >= 0.3 is 7.12 Å². The maximum Gasteiger partial charge on any atom is 0.492 e. The van der Waals surface area contributed by atoms with Crippen LogP contribution in [0.4, 0.5) is 5.69 Å². The number of aromatic nitrogens is 1. The monoisotopic (exact) mass is 310 g/mol. The first kappa shape index (κ1) is 16.3. The van der Waals surface area contributed by atoms with E-state index in [2.05, 4.69) is 4.98 Å². The summed E-state index contributed by atoms with van der Waals surface area (Å²) in [6.07, 6.45) is 3.20. The molecule has 1 saturated heterocycles. The molecule has 1 fully saturated rings. The lowest BCUT2D eigenvalue weighted by Gasteiger charge is -2.32. The van der Waals surface area contributed by atoms with Gasteiger partial charge in [-0.1, -0.05) is 17.7 Å². The fourth-order valence-corrected chi connectivity index (χ4v) is 2.19. The average molecular weight is 311 g/mol. The summed E-state index contributed by atoms with van der Waals surface area (Å²) < 4.78 is 11.8. The Morgan fingerprint density at radius 1 is 1.38 bits per heavy atom. The molecule has 0 aromatic carbocycles. The number of nitrogen functional groups attached to an aromatic ring is 1. The quantitative estimate of drug-likeness (QED) is 0.662. The van der Waals surface area contributed by atoms with E-state index in [1.165, 1.54) is 6.20 Å². The van der Waals surface area contributed by atoms with Crippen LogP contribution in [-0.4, -0.2) is 35.0 Å². The highest BCUT2D eigenvalue weighted by atomic mass is 35.5. The van der Waals surface area contributed by atoms with Crippen molar-refractivity contribution < 1.29 is 14.4 Å². The van der Waals surface area contributed by atoms with Crippen LogP contribution in [0.3, 0.4) is 0 Å². The van der Waals surface area contributed by atoms with Crippen LogP contribution in [0.15, 0.2) is 17.7 Å². The minimum atomic E-state index is -0.643. The van der Waals surface area contributed by atoms with Crippen LogP contribution < -0.4 is 5.73 Å². The number of rotatable bonds is 3. The summed E-state index contributed by atoms with van der Waals surface area (Å²) in [6, 6.07) is 1.65. The molecule has 5 nitrogen and oxygen atoms in total. The van der Waals surface area contributed by atoms with E-state index in [1.807, 2.05) is 27.7 Å². The molecule has 2 rings (SSSR count). The van der Waals surface area contributed by atoms with Crippen LogP contribution in [0.5, 0.6) is 0 Å². The van der Waals surface area contributed by atoms with Crippen molar-refractivity contribution in [1.82, 2.24) is 4.98 Å². The molecular formula is C14H20BClN2O3. The third kappa shape index (κ3) is 3.08. The molecule has 0 amide bonds. The van der Waals surface area contributed by atoms with E-state index >= 15 is 0 Å². The van der Waals surface area contributed by atoms with E-state index in [0.29, 0.717) is 16.7 Å². The standard InChI is InChI=1S/C14H20BClN2O3/c1-13(2)14(3,4)21-15(20-13)9(8-19)7-10-11(17)5-6-18-12(10)16/h5-7,19H,8H2,1-4H3,(H2,17,18). The first-order valence-corrected chi connectivity index (χ1v) is 7.12. The van der Waals surface area contributed by atoms with Gasteiger partial charge in [0.1, 0.15) is 5.15 Å². The first-order valence-electron chi connectivity index (χ1n) is 6.75. The average Bonchev–Trinajstić information content (AvgIpc) is 2.58. The topological polar surface area (TPSA) is 77.6 Å². The molecule has 1 aliphatic heterocycles. The molecular weight excluding hydrogens is 290 g/mol. The lowest BCUT2D eigenvalue weighted by Crippen LogP contribution is -2.41. The van der Waals surface area contributed by atoms with Crippen molar-refractivity contribution in [1.29, 1.82) is 0 Å². The van der Waals surface area contributed by atoms with E-state index < -0.39 is 18.3 Å². The number of halogens is 1. The maximum atomic E-state index is 9.64. The molecule has 0 radical (unpaired) electrons. The third-order valence-corrected chi connectivity index (χ3v) is 4.34. The molecule has 1 aliphatic rings. The summed E-state index contributed by atoms with van der Waals surface area (Å²) in [7, 11) is -0.643. The molecule has 3 N–H and O–H groups in total. The second kappa shape index (κ2) is 5.61. The van der Waals surface area contributed by atoms with Gasteiger partial charge in [0.2, 0.25) is 0 Å². The molecule has 2 heterocycles. The summed E-state index contributed by atoms with van der Waals surface area (Å²) in [5.74, 6) is 0. The molecule has 1 aromatic heterocycles. The molecule has 0 saturated carbocycles. The van der Waals surface area contributed by atoms with E-state index in [0.717, 1.165) is 0 Å². The lowest BCUT2D eigenvalue weighted by molar-refractivity contribution is 0.00578. The largest absolute Gasteiger partial charge is 0.492 e. The summed E-state index contributed by atoms with van der Waals surface area (Å²) >= 11 is 6.05. The van der Waals surface area contributed by atoms with Crippen LogP contribution in [0.1, 0.15) is 33.3 Å². The lowest BCUT2D eigenvalue weighted by atomic mass is 9.77. The minimum Gasteiger partial charge on any atom is -0.400 e. The molecule has 114 valence electrons. The fraction of sp³-hybridized carbons (Fsp3) is 0.500. The van der Waals surface area contributed by atoms with Gasteiger partial charge in [-0.25, -0.2) is 4.98 Å². The number of anilines is 1. The van der Waals surface area contributed by atoms with Crippen molar-refractivity contribution in [3.05, 3.63) is 28.5 Å². The molecule has 0 spiro atoms. The van der Waals surface area contributed by atoms with Gasteiger partial charge < -0.3 is 20.1 Å². The van der Waals surface area contributed by atoms with Gasteiger partial charge in [0, 0.05) is 17.4 Å². The van der Waals surface area contributed by atoms with Crippen LogP contribution >= 0.6 is 11.6 Å². The molecule has 0 aliphatic carbocycles. The number of nitrogens with zero attached hydrogens (tertiary/aromatic N) is 1. The maximum absolute atomic E-state index is 9.64. The molecule has 0 atom stereocenters. The number of pyridine rings is 1. The Hall–Kier alpha value is -1.08. The zero-order valence-electron chi connectivity index (χ0n) is 12.7. The van der Waals surface area contributed by atoms with Crippen LogP contribution in [0.25, 0.3) is 6.08 Å². The molecule has 0 unspecified atom stereocenters. The highest BCUT2D eigenvalue weighted by Gasteiger charge is 2.52. The van der Waals surface area contributed by atoms with Gasteiger partial charge in [-0.05, 0) is 39.2 Å². The van der Waals surface area contributed by atoms with Gasteiger partial charge in [-0.3, -0.25) is 0 Å². The van der Waals surface area contributed by atoms with Crippen molar-refractivity contribution in [2.45, 2.75) is 38.9 Å². The van der Waals surface area contributed by atoms with Gasteiger partial charge in [-0.15, -0.1) is 0 Å². The third-order valence-electron chi connectivity index (χ3n) is 4.04. The number of hydrogen-bond acceptors (Lipinski definition) is 5. The number of hydrogen-bond donors (Lipinski definition) is 2. The number of aliphatic hydroxyl groups excluding tert-OH is 1. The van der Waals surface area contributed by atoms with Crippen molar-refractivity contribution >= 4 is 30.5 Å². The second-order valence-electron chi connectivity index (χ2n) is 6.07. The summed E-state index contributed by atoms with van der Waals surface area (Å²) in [6.45, 7) is 7.59. The zero-order chi connectivity index (χ0) is 15.8. The summed E-state index contributed by atoms with van der Waals surface area (Å²) in [4.78, 5) is 3.99. The zero-order valence-corrected chi connectivity index (χ0v) is 13.4. The fourth-order valence-electron chi connectivity index (χ4n) is 1.97. The highest BCUT2D eigenvalue weighted by molar-refractivity contribution is 6.56. The van der Waals surface area contributed by atoms with Gasteiger partial charge in [-0.2, -0.15) is 0 Å². The first-order chi connectivity index (χ1) is 9.68. The summed E-state index contributed by atoms with van der Waals surface area (Å²) in [5.41, 5.74) is 6.53. The Kier molecular flexibility index (Phi) is 4.35. The molecule has 1 aromatic rings. The Bertz CT molecular complexity index is 539. The highest BCUT2D eigenvalue weighted by Crippen LogP contribution is 2.39. The normalized spacial score (nSPS) is 20.9. The van der Waals surface area contributed by atoms with Crippen molar-refractivity contribution in [3.8, 4) is 0 Å². The van der Waals surface area contributed by atoms with E-state index in [4.69, 9.17) is 26.6 Å². The van der Waals surface area contributed by atoms with Gasteiger partial charge in [0.05, 0.1) is 17.8 Å². The number of nitrogens with two attached hydrogens (primary N) is 1. The predicted octanol–water partition coefficient (Wildman–Crippen LogP) is 2.32.